The van der Waals surface area contributed by atoms with Gasteiger partial charge in [-0.3, -0.25) is 4.98 Å². The lowest BCUT2D eigenvalue weighted by atomic mass is 10.1. The van der Waals surface area contributed by atoms with Crippen molar-refractivity contribution in [3.63, 3.8) is 0 Å². The summed E-state index contributed by atoms with van der Waals surface area (Å²) in [7, 11) is 1.44. The molecule has 0 aliphatic rings. The number of pyridine rings is 1. The van der Waals surface area contributed by atoms with Crippen LogP contribution in [0.25, 0.3) is 0 Å². The van der Waals surface area contributed by atoms with Crippen molar-refractivity contribution in [2.24, 2.45) is 0 Å². The third-order valence-electron chi connectivity index (χ3n) is 2.64. The van der Waals surface area contributed by atoms with Crippen molar-refractivity contribution in [3.8, 4) is 5.75 Å². The first-order chi connectivity index (χ1) is 9.06. The third kappa shape index (κ3) is 2.59. The maximum atomic E-state index is 13.5. The number of hydrogen-bond acceptors (Lipinski definition) is 3. The predicted octanol–water partition coefficient (Wildman–Crippen LogP) is 3.21. The van der Waals surface area contributed by atoms with Gasteiger partial charge in [-0.05, 0) is 34.1 Å². The van der Waals surface area contributed by atoms with Gasteiger partial charge < -0.3 is 9.84 Å². The molecule has 1 atom stereocenters. The van der Waals surface area contributed by atoms with Crippen molar-refractivity contribution in [1.29, 1.82) is 0 Å². The molecule has 0 radical (unpaired) electrons. The first kappa shape index (κ1) is 13.9. The van der Waals surface area contributed by atoms with Crippen LogP contribution in [-0.4, -0.2) is 17.2 Å². The van der Waals surface area contributed by atoms with E-state index < -0.39 is 17.7 Å². The Morgan fingerprint density at radius 1 is 1.32 bits per heavy atom. The Balaban J connectivity index is 2.50. The standard InChI is InChI=1S/C13H10BrF2NO2/c1-19-9-3-2-6-17-12(9)13(18)7-4-5-8(15)11(16)10(7)14/h2-6,13,18H,1H3. The number of aromatic nitrogens is 1. The van der Waals surface area contributed by atoms with Crippen LogP contribution < -0.4 is 4.74 Å². The molecule has 1 heterocycles. The average Bonchev–Trinajstić information content (AvgIpc) is 2.44. The van der Waals surface area contributed by atoms with Crippen LogP contribution in [0.5, 0.6) is 5.75 Å². The zero-order valence-electron chi connectivity index (χ0n) is 9.90. The van der Waals surface area contributed by atoms with E-state index in [4.69, 9.17) is 4.74 Å². The Kier molecular flexibility index (Phi) is 4.11. The molecule has 6 heteroatoms. The molecule has 19 heavy (non-hydrogen) atoms. The van der Waals surface area contributed by atoms with Crippen LogP contribution in [0.2, 0.25) is 0 Å². The Labute approximate surface area is 117 Å². The average molecular weight is 330 g/mol. The van der Waals surface area contributed by atoms with Crippen molar-refractivity contribution >= 4 is 15.9 Å². The zero-order chi connectivity index (χ0) is 14.0. The van der Waals surface area contributed by atoms with Crippen molar-refractivity contribution in [3.05, 3.63) is 57.8 Å². The highest BCUT2D eigenvalue weighted by Crippen LogP contribution is 2.33. The quantitative estimate of drug-likeness (QED) is 0.879. The summed E-state index contributed by atoms with van der Waals surface area (Å²) >= 11 is 2.93. The van der Waals surface area contributed by atoms with Crippen molar-refractivity contribution in [1.82, 2.24) is 4.98 Å². The van der Waals surface area contributed by atoms with E-state index >= 15 is 0 Å². The molecule has 100 valence electrons. The fourth-order valence-corrected chi connectivity index (χ4v) is 2.22. The minimum absolute atomic E-state index is 0.132. The normalized spacial score (nSPS) is 12.3. The number of rotatable bonds is 3. The number of methoxy groups -OCH3 is 1. The molecule has 0 spiro atoms. The maximum absolute atomic E-state index is 13.5. The maximum Gasteiger partial charge on any atom is 0.173 e. The van der Waals surface area contributed by atoms with Gasteiger partial charge in [-0.1, -0.05) is 6.07 Å². The fourth-order valence-electron chi connectivity index (χ4n) is 1.68. The van der Waals surface area contributed by atoms with Gasteiger partial charge in [0.25, 0.3) is 0 Å². The summed E-state index contributed by atoms with van der Waals surface area (Å²) < 4.78 is 31.5. The van der Waals surface area contributed by atoms with Crippen molar-refractivity contribution in [2.45, 2.75) is 6.10 Å². The molecule has 1 unspecified atom stereocenters. The largest absolute Gasteiger partial charge is 0.495 e. The van der Waals surface area contributed by atoms with E-state index in [1.165, 1.54) is 19.4 Å². The van der Waals surface area contributed by atoms with Gasteiger partial charge in [0.1, 0.15) is 17.5 Å². The highest BCUT2D eigenvalue weighted by atomic mass is 79.9. The molecule has 1 aromatic heterocycles. The fraction of sp³-hybridized carbons (Fsp3) is 0.154. The Bertz CT molecular complexity index is 607. The molecule has 0 saturated heterocycles. The lowest BCUT2D eigenvalue weighted by molar-refractivity contribution is 0.207. The molecule has 0 amide bonds. The number of aliphatic hydroxyl groups is 1. The van der Waals surface area contributed by atoms with Gasteiger partial charge in [0.2, 0.25) is 0 Å². The Hall–Kier alpha value is -1.53. The second-order valence-electron chi connectivity index (χ2n) is 3.76. The van der Waals surface area contributed by atoms with E-state index in [1.807, 2.05) is 0 Å². The molecular formula is C13H10BrF2NO2. The highest BCUT2D eigenvalue weighted by molar-refractivity contribution is 9.10. The van der Waals surface area contributed by atoms with Crippen LogP contribution in [0, 0.1) is 11.6 Å². The number of hydrogen-bond donors (Lipinski definition) is 1. The van der Waals surface area contributed by atoms with E-state index in [-0.39, 0.29) is 15.7 Å². The number of halogens is 3. The van der Waals surface area contributed by atoms with E-state index in [2.05, 4.69) is 20.9 Å². The van der Waals surface area contributed by atoms with Gasteiger partial charge in [-0.15, -0.1) is 0 Å². The van der Waals surface area contributed by atoms with Gasteiger partial charge in [-0.25, -0.2) is 8.78 Å². The predicted molar refractivity (Wildman–Crippen MR) is 68.9 cm³/mol. The van der Waals surface area contributed by atoms with Crippen LogP contribution in [0.4, 0.5) is 8.78 Å². The first-order valence-corrected chi connectivity index (χ1v) is 6.16. The summed E-state index contributed by atoms with van der Waals surface area (Å²) in [6.07, 6.45) is 0.259. The molecule has 0 saturated carbocycles. The highest BCUT2D eigenvalue weighted by Gasteiger charge is 2.22. The number of ether oxygens (including phenoxy) is 1. The van der Waals surface area contributed by atoms with Gasteiger partial charge in [0, 0.05) is 11.8 Å². The topological polar surface area (TPSA) is 42.4 Å². The minimum Gasteiger partial charge on any atom is -0.495 e. The van der Waals surface area contributed by atoms with E-state index in [9.17, 15) is 13.9 Å². The van der Waals surface area contributed by atoms with Crippen LogP contribution in [-0.2, 0) is 0 Å². The van der Waals surface area contributed by atoms with Crippen molar-refractivity contribution in [2.75, 3.05) is 7.11 Å². The molecule has 2 rings (SSSR count). The third-order valence-corrected chi connectivity index (χ3v) is 3.44. The number of aliphatic hydroxyl groups excluding tert-OH is 1. The van der Waals surface area contributed by atoms with Gasteiger partial charge in [0.05, 0.1) is 11.6 Å². The molecule has 2 aromatic rings. The molecule has 1 N–H and O–H groups in total. The minimum atomic E-state index is -1.22. The van der Waals surface area contributed by atoms with Crippen LogP contribution >= 0.6 is 15.9 Å². The van der Waals surface area contributed by atoms with Gasteiger partial charge in [0.15, 0.2) is 11.6 Å². The molecular weight excluding hydrogens is 320 g/mol. The summed E-state index contributed by atoms with van der Waals surface area (Å²) in [6, 6.07) is 5.52. The van der Waals surface area contributed by atoms with Crippen molar-refractivity contribution < 1.29 is 18.6 Å². The number of nitrogens with zero attached hydrogens (tertiary/aromatic N) is 1. The summed E-state index contributed by atoms with van der Waals surface area (Å²) in [6.45, 7) is 0. The van der Waals surface area contributed by atoms with E-state index in [0.29, 0.717) is 5.75 Å². The first-order valence-electron chi connectivity index (χ1n) is 5.36. The van der Waals surface area contributed by atoms with Crippen LogP contribution in [0.15, 0.2) is 34.9 Å². The lowest BCUT2D eigenvalue weighted by Crippen LogP contribution is -2.07. The molecule has 0 aliphatic carbocycles. The summed E-state index contributed by atoms with van der Waals surface area (Å²) in [5.41, 5.74) is 0.410. The molecule has 1 aromatic carbocycles. The Morgan fingerprint density at radius 2 is 2.05 bits per heavy atom. The lowest BCUT2D eigenvalue weighted by Gasteiger charge is -2.15. The Morgan fingerprint density at radius 3 is 2.74 bits per heavy atom. The second-order valence-corrected chi connectivity index (χ2v) is 4.55. The molecule has 3 nitrogen and oxygen atoms in total. The second kappa shape index (κ2) is 5.63. The number of benzene rings is 1. The summed E-state index contributed by atoms with van der Waals surface area (Å²) in [5, 5.41) is 10.2. The monoisotopic (exact) mass is 329 g/mol. The van der Waals surface area contributed by atoms with E-state index in [0.717, 1.165) is 6.07 Å². The summed E-state index contributed by atoms with van der Waals surface area (Å²) in [5.74, 6) is -1.67. The van der Waals surface area contributed by atoms with Crippen LogP contribution in [0.1, 0.15) is 17.4 Å². The van der Waals surface area contributed by atoms with E-state index in [1.54, 1.807) is 12.1 Å². The SMILES string of the molecule is COc1cccnc1C(O)c1ccc(F)c(F)c1Br. The van der Waals surface area contributed by atoms with Gasteiger partial charge in [-0.2, -0.15) is 0 Å². The van der Waals surface area contributed by atoms with Crippen LogP contribution in [0.3, 0.4) is 0 Å². The van der Waals surface area contributed by atoms with Gasteiger partial charge >= 0.3 is 0 Å². The molecule has 0 fully saturated rings. The molecule has 0 bridgehead atoms. The summed E-state index contributed by atoms with van der Waals surface area (Å²) in [4.78, 5) is 4.01. The zero-order valence-corrected chi connectivity index (χ0v) is 11.5. The smallest absolute Gasteiger partial charge is 0.173 e. The molecule has 0 aliphatic heterocycles.